The minimum absolute atomic E-state index is 0.00391. The quantitative estimate of drug-likeness (QED) is 0.876. The molecule has 1 N–H and O–H groups in total. The van der Waals surface area contributed by atoms with E-state index in [1.54, 1.807) is 6.07 Å². The molecule has 1 heterocycles. The van der Waals surface area contributed by atoms with Gasteiger partial charge in [0.05, 0.1) is 10.6 Å². The smallest absolute Gasteiger partial charge is 0.179 e. The van der Waals surface area contributed by atoms with Gasteiger partial charge in [-0.15, -0.1) is 0 Å². The van der Waals surface area contributed by atoms with E-state index in [1.165, 1.54) is 0 Å². The average Bonchev–Trinajstić information content (AvgIpc) is 2.74. The summed E-state index contributed by atoms with van der Waals surface area (Å²) in [6.45, 7) is 9.50. The average molecular weight is 309 g/mol. The molecule has 0 aliphatic carbocycles. The van der Waals surface area contributed by atoms with Crippen LogP contribution in [0.4, 0.5) is 0 Å². The molecule has 4 heteroatoms. The molecule has 1 atom stereocenters. The molecule has 1 aliphatic rings. The molecule has 0 amide bonds. The lowest BCUT2D eigenvalue weighted by atomic mass is 9.69. The van der Waals surface area contributed by atoms with Crippen LogP contribution in [-0.4, -0.2) is 26.8 Å². The minimum atomic E-state index is -3.12. The molecule has 0 spiro atoms. The second kappa shape index (κ2) is 6.09. The van der Waals surface area contributed by atoms with Crippen LogP contribution >= 0.6 is 0 Å². The Bertz CT molecular complexity index is 589. The maximum atomic E-state index is 12.5. The first-order chi connectivity index (χ1) is 9.86. The molecule has 0 saturated carbocycles. The van der Waals surface area contributed by atoms with Crippen LogP contribution < -0.4 is 5.32 Å². The van der Waals surface area contributed by atoms with Gasteiger partial charge in [0.1, 0.15) is 0 Å². The van der Waals surface area contributed by atoms with Crippen molar-refractivity contribution in [2.75, 3.05) is 12.3 Å². The Morgan fingerprint density at radius 2 is 1.86 bits per heavy atom. The van der Waals surface area contributed by atoms with Crippen LogP contribution in [0.2, 0.25) is 0 Å². The van der Waals surface area contributed by atoms with E-state index in [2.05, 4.69) is 33.0 Å². The maximum absolute atomic E-state index is 12.5. The van der Waals surface area contributed by atoms with Gasteiger partial charge in [0.25, 0.3) is 0 Å². The predicted molar refractivity (Wildman–Crippen MR) is 87.4 cm³/mol. The van der Waals surface area contributed by atoms with Gasteiger partial charge in [0.2, 0.25) is 0 Å². The maximum Gasteiger partial charge on any atom is 0.179 e. The van der Waals surface area contributed by atoms with Gasteiger partial charge in [-0.2, -0.15) is 0 Å². The molecule has 2 rings (SSSR count). The highest BCUT2D eigenvalue weighted by molar-refractivity contribution is 7.91. The molecule has 1 aliphatic heterocycles. The first-order valence-corrected chi connectivity index (χ1v) is 9.56. The summed E-state index contributed by atoms with van der Waals surface area (Å²) in [5.74, 6) is 0.355. The van der Waals surface area contributed by atoms with Gasteiger partial charge in [-0.3, -0.25) is 0 Å². The summed E-state index contributed by atoms with van der Waals surface area (Å²) in [5.41, 5.74) is 1.02. The van der Waals surface area contributed by atoms with Gasteiger partial charge in [-0.05, 0) is 29.9 Å². The molecule has 1 aromatic rings. The summed E-state index contributed by atoms with van der Waals surface area (Å²) in [4.78, 5) is 0.547. The third-order valence-corrected chi connectivity index (χ3v) is 6.84. The van der Waals surface area contributed by atoms with E-state index in [-0.39, 0.29) is 17.1 Å². The summed E-state index contributed by atoms with van der Waals surface area (Å²) >= 11 is 0. The SMILES string of the molecule is CCC(CC)(CNC(C)C)C1CS(=O)(=O)c2ccccc21. The second-order valence-electron chi connectivity index (χ2n) is 6.48. The predicted octanol–water partition coefficient (Wildman–Crippen LogP) is 3.36. The Kier molecular flexibility index (Phi) is 4.79. The van der Waals surface area contributed by atoms with Crippen molar-refractivity contribution in [1.29, 1.82) is 0 Å². The number of sulfone groups is 1. The fourth-order valence-corrected chi connectivity index (χ4v) is 5.49. The monoisotopic (exact) mass is 309 g/mol. The number of benzene rings is 1. The van der Waals surface area contributed by atoms with Crippen LogP contribution in [0, 0.1) is 5.41 Å². The normalized spacial score (nSPS) is 20.7. The lowest BCUT2D eigenvalue weighted by Gasteiger charge is -2.38. The van der Waals surface area contributed by atoms with E-state index in [0.717, 1.165) is 24.9 Å². The van der Waals surface area contributed by atoms with Crippen molar-refractivity contribution >= 4 is 9.84 Å². The number of rotatable bonds is 6. The highest BCUT2D eigenvalue weighted by atomic mass is 32.2. The van der Waals surface area contributed by atoms with E-state index in [9.17, 15) is 8.42 Å². The van der Waals surface area contributed by atoms with Crippen LogP contribution in [0.25, 0.3) is 0 Å². The topological polar surface area (TPSA) is 46.2 Å². The molecule has 3 nitrogen and oxygen atoms in total. The van der Waals surface area contributed by atoms with E-state index in [0.29, 0.717) is 10.9 Å². The van der Waals surface area contributed by atoms with E-state index < -0.39 is 9.84 Å². The molecule has 0 radical (unpaired) electrons. The van der Waals surface area contributed by atoms with Crippen molar-refractivity contribution in [3.05, 3.63) is 29.8 Å². The lowest BCUT2D eigenvalue weighted by molar-refractivity contribution is 0.200. The van der Waals surface area contributed by atoms with Crippen LogP contribution in [0.1, 0.15) is 52.0 Å². The first kappa shape index (κ1) is 16.5. The number of nitrogens with one attached hydrogen (secondary N) is 1. The fraction of sp³-hybridized carbons (Fsp3) is 0.647. The zero-order chi connectivity index (χ0) is 15.7. The largest absolute Gasteiger partial charge is 0.314 e. The molecular weight excluding hydrogens is 282 g/mol. The summed E-state index contributed by atoms with van der Waals surface area (Å²) in [6.07, 6.45) is 1.97. The van der Waals surface area contributed by atoms with Crippen LogP contribution in [-0.2, 0) is 9.84 Å². The van der Waals surface area contributed by atoms with Crippen molar-refractivity contribution in [1.82, 2.24) is 5.32 Å². The molecule has 0 bridgehead atoms. The lowest BCUT2D eigenvalue weighted by Crippen LogP contribution is -2.41. The van der Waals surface area contributed by atoms with E-state index in [1.807, 2.05) is 18.2 Å². The van der Waals surface area contributed by atoms with Gasteiger partial charge in [-0.25, -0.2) is 8.42 Å². The molecule has 0 saturated heterocycles. The third kappa shape index (κ3) is 3.02. The molecule has 21 heavy (non-hydrogen) atoms. The standard InChI is InChI=1S/C17H27NO2S/c1-5-17(6-2,12-18-13(3)4)15-11-21(19,20)16-10-8-7-9-14(15)16/h7-10,13,15,18H,5-6,11-12H2,1-4H3. The summed E-state index contributed by atoms with van der Waals surface area (Å²) in [5, 5.41) is 3.53. The zero-order valence-electron chi connectivity index (χ0n) is 13.5. The molecule has 1 unspecified atom stereocenters. The van der Waals surface area contributed by atoms with Gasteiger partial charge in [-0.1, -0.05) is 45.9 Å². The van der Waals surface area contributed by atoms with Gasteiger partial charge in [0.15, 0.2) is 9.84 Å². The minimum Gasteiger partial charge on any atom is -0.314 e. The van der Waals surface area contributed by atoms with Crippen LogP contribution in [0.5, 0.6) is 0 Å². The number of hydrogen-bond donors (Lipinski definition) is 1. The highest BCUT2D eigenvalue weighted by Gasteiger charge is 2.45. The molecular formula is C17H27NO2S. The van der Waals surface area contributed by atoms with E-state index in [4.69, 9.17) is 0 Å². The number of fused-ring (bicyclic) bond motifs is 1. The van der Waals surface area contributed by atoms with E-state index >= 15 is 0 Å². The van der Waals surface area contributed by atoms with Crippen LogP contribution in [0.15, 0.2) is 29.2 Å². The Morgan fingerprint density at radius 3 is 2.43 bits per heavy atom. The van der Waals surface area contributed by atoms with Crippen molar-refractivity contribution in [3.63, 3.8) is 0 Å². The Labute approximate surface area is 129 Å². The fourth-order valence-electron chi connectivity index (χ4n) is 3.48. The van der Waals surface area contributed by atoms with Crippen molar-refractivity contribution in [2.45, 2.75) is 57.4 Å². The summed E-state index contributed by atoms with van der Waals surface area (Å²) in [6, 6.07) is 7.95. The highest BCUT2D eigenvalue weighted by Crippen LogP contribution is 2.48. The van der Waals surface area contributed by atoms with Gasteiger partial charge >= 0.3 is 0 Å². The third-order valence-electron chi connectivity index (χ3n) is 5.03. The second-order valence-corrected chi connectivity index (χ2v) is 8.48. The van der Waals surface area contributed by atoms with Crippen molar-refractivity contribution in [3.8, 4) is 0 Å². The summed E-state index contributed by atoms with van der Waals surface area (Å²) in [7, 11) is -3.12. The molecule has 118 valence electrons. The first-order valence-electron chi connectivity index (χ1n) is 7.91. The van der Waals surface area contributed by atoms with Crippen molar-refractivity contribution in [2.24, 2.45) is 5.41 Å². The van der Waals surface area contributed by atoms with Gasteiger partial charge < -0.3 is 5.32 Å². The molecule has 0 aromatic heterocycles. The summed E-state index contributed by atoms with van der Waals surface area (Å²) < 4.78 is 24.9. The van der Waals surface area contributed by atoms with Crippen molar-refractivity contribution < 1.29 is 8.42 Å². The Morgan fingerprint density at radius 1 is 1.24 bits per heavy atom. The Hall–Kier alpha value is -0.870. The molecule has 0 fully saturated rings. The van der Waals surface area contributed by atoms with Gasteiger partial charge in [0, 0.05) is 18.5 Å². The number of hydrogen-bond acceptors (Lipinski definition) is 3. The zero-order valence-corrected chi connectivity index (χ0v) is 14.3. The molecule has 1 aromatic carbocycles. The van der Waals surface area contributed by atoms with Crippen LogP contribution in [0.3, 0.4) is 0 Å². The Balaban J connectivity index is 2.43.